The van der Waals surface area contributed by atoms with Crippen molar-refractivity contribution in [3.8, 4) is 0 Å². The molecule has 0 aliphatic carbocycles. The van der Waals surface area contributed by atoms with E-state index in [1.54, 1.807) is 12.4 Å². The third kappa shape index (κ3) is 3.47. The summed E-state index contributed by atoms with van der Waals surface area (Å²) in [6.45, 7) is 3.99. The van der Waals surface area contributed by atoms with E-state index in [4.69, 9.17) is 5.11 Å². The van der Waals surface area contributed by atoms with Crippen LogP contribution in [0.2, 0.25) is 0 Å². The number of rotatable bonds is 5. The number of aromatic nitrogens is 5. The second-order valence-electron chi connectivity index (χ2n) is 4.08. The molecule has 0 atom stereocenters. The molecule has 0 saturated heterocycles. The van der Waals surface area contributed by atoms with Gasteiger partial charge in [-0.3, -0.25) is 9.78 Å². The first kappa shape index (κ1) is 12.9. The van der Waals surface area contributed by atoms with Gasteiger partial charge in [-0.15, -0.1) is 5.10 Å². The lowest BCUT2D eigenvalue weighted by molar-refractivity contribution is -0.137. The Hall–Kier alpha value is -2.51. The Labute approximate surface area is 109 Å². The van der Waals surface area contributed by atoms with Gasteiger partial charge in [0, 0.05) is 0 Å². The summed E-state index contributed by atoms with van der Waals surface area (Å²) in [4.78, 5) is 19.0. The maximum atomic E-state index is 10.5. The third-order valence-corrected chi connectivity index (χ3v) is 2.53. The molecule has 0 bridgehead atoms. The largest absolute Gasteiger partial charge is 0.480 e. The molecule has 0 aliphatic heterocycles. The lowest BCUT2D eigenvalue weighted by Crippen LogP contribution is -2.09. The third-order valence-electron chi connectivity index (χ3n) is 2.53. The first-order valence-corrected chi connectivity index (χ1v) is 5.69. The molecule has 0 fully saturated rings. The van der Waals surface area contributed by atoms with E-state index in [1.807, 2.05) is 13.8 Å². The molecular formula is C11H14N6O2. The zero-order valence-electron chi connectivity index (χ0n) is 10.7. The van der Waals surface area contributed by atoms with Gasteiger partial charge >= 0.3 is 5.97 Å². The van der Waals surface area contributed by atoms with E-state index in [0.29, 0.717) is 18.1 Å². The second kappa shape index (κ2) is 5.42. The van der Waals surface area contributed by atoms with Crippen LogP contribution in [0.25, 0.3) is 0 Å². The van der Waals surface area contributed by atoms with Crippen molar-refractivity contribution in [2.24, 2.45) is 0 Å². The summed E-state index contributed by atoms with van der Waals surface area (Å²) in [5.41, 5.74) is 2.39. The molecule has 19 heavy (non-hydrogen) atoms. The predicted octanol–water partition coefficient (Wildman–Crippen LogP) is 0.382. The normalized spacial score (nSPS) is 10.4. The molecule has 8 nitrogen and oxygen atoms in total. The van der Waals surface area contributed by atoms with Crippen LogP contribution in [-0.4, -0.2) is 36.0 Å². The molecule has 0 aromatic carbocycles. The zero-order chi connectivity index (χ0) is 13.8. The van der Waals surface area contributed by atoms with E-state index in [1.165, 1.54) is 4.68 Å². The monoisotopic (exact) mass is 262 g/mol. The molecule has 2 aromatic heterocycles. The predicted molar refractivity (Wildman–Crippen MR) is 66.5 cm³/mol. The maximum absolute atomic E-state index is 10.5. The summed E-state index contributed by atoms with van der Waals surface area (Å²) in [5, 5.41) is 19.3. The minimum absolute atomic E-state index is 0.198. The second-order valence-corrected chi connectivity index (χ2v) is 4.08. The van der Waals surface area contributed by atoms with E-state index < -0.39 is 5.97 Å². The van der Waals surface area contributed by atoms with Crippen molar-refractivity contribution in [2.45, 2.75) is 26.9 Å². The van der Waals surface area contributed by atoms with Crippen molar-refractivity contribution < 1.29 is 9.90 Å². The number of carboxylic acid groups (broad SMARTS) is 1. The highest BCUT2D eigenvalue weighted by atomic mass is 16.4. The van der Waals surface area contributed by atoms with Gasteiger partial charge in [0.15, 0.2) is 0 Å². The van der Waals surface area contributed by atoms with Crippen molar-refractivity contribution in [1.82, 2.24) is 25.0 Å². The van der Waals surface area contributed by atoms with Crippen LogP contribution >= 0.6 is 0 Å². The van der Waals surface area contributed by atoms with Gasteiger partial charge < -0.3 is 10.4 Å². The van der Waals surface area contributed by atoms with Crippen LogP contribution in [0.15, 0.2) is 12.4 Å². The summed E-state index contributed by atoms with van der Waals surface area (Å²) in [6.07, 6.45) is 3.22. The Morgan fingerprint density at radius 3 is 2.89 bits per heavy atom. The quantitative estimate of drug-likeness (QED) is 0.802. The number of hydrogen-bond acceptors (Lipinski definition) is 6. The van der Waals surface area contributed by atoms with Gasteiger partial charge in [0.05, 0.1) is 30.3 Å². The lowest BCUT2D eigenvalue weighted by atomic mass is 10.3. The molecule has 100 valence electrons. The van der Waals surface area contributed by atoms with E-state index in [2.05, 4.69) is 25.6 Å². The molecule has 0 radical (unpaired) electrons. The SMILES string of the molecule is Cc1ncc(NCc2cn(CC(=O)O)nn2)nc1C. The van der Waals surface area contributed by atoms with Crippen LogP contribution < -0.4 is 5.32 Å². The zero-order valence-corrected chi connectivity index (χ0v) is 10.7. The Balaban J connectivity index is 1.96. The van der Waals surface area contributed by atoms with Gasteiger partial charge in [-0.25, -0.2) is 9.67 Å². The van der Waals surface area contributed by atoms with Crippen molar-refractivity contribution in [2.75, 3.05) is 5.32 Å². The smallest absolute Gasteiger partial charge is 0.325 e. The molecule has 2 aromatic rings. The Bertz CT molecular complexity index is 595. The fraction of sp³-hybridized carbons (Fsp3) is 0.364. The molecule has 2 rings (SSSR count). The number of nitrogens with one attached hydrogen (secondary N) is 1. The minimum Gasteiger partial charge on any atom is -0.480 e. The highest BCUT2D eigenvalue weighted by Crippen LogP contribution is 2.06. The van der Waals surface area contributed by atoms with Gasteiger partial charge in [0.2, 0.25) is 0 Å². The topological polar surface area (TPSA) is 106 Å². The minimum atomic E-state index is -0.954. The highest BCUT2D eigenvalue weighted by molar-refractivity contribution is 5.66. The molecule has 0 aliphatic rings. The van der Waals surface area contributed by atoms with Crippen molar-refractivity contribution in [3.63, 3.8) is 0 Å². The Morgan fingerprint density at radius 1 is 1.42 bits per heavy atom. The van der Waals surface area contributed by atoms with Gasteiger partial charge in [-0.2, -0.15) is 0 Å². The number of anilines is 1. The van der Waals surface area contributed by atoms with Crippen molar-refractivity contribution in [1.29, 1.82) is 0 Å². The van der Waals surface area contributed by atoms with E-state index in [9.17, 15) is 4.79 Å². The first-order valence-electron chi connectivity index (χ1n) is 5.69. The number of carbonyl (C=O) groups is 1. The average Bonchev–Trinajstić information content (AvgIpc) is 2.77. The molecule has 0 amide bonds. The molecular weight excluding hydrogens is 248 g/mol. The van der Waals surface area contributed by atoms with Gasteiger partial charge in [-0.1, -0.05) is 5.21 Å². The lowest BCUT2D eigenvalue weighted by Gasteiger charge is -2.04. The standard InChI is InChI=1S/C11H14N6O2/c1-7-8(2)14-10(4-12-7)13-3-9-5-17(16-15-9)6-11(18)19/h4-5H,3,6H2,1-2H3,(H,13,14)(H,18,19). The van der Waals surface area contributed by atoms with E-state index in [0.717, 1.165) is 11.4 Å². The summed E-state index contributed by atoms with van der Waals surface area (Å²) in [6, 6.07) is 0. The van der Waals surface area contributed by atoms with Crippen LogP contribution in [0, 0.1) is 13.8 Å². The average molecular weight is 262 g/mol. The number of hydrogen-bond donors (Lipinski definition) is 2. The van der Waals surface area contributed by atoms with Crippen molar-refractivity contribution >= 4 is 11.8 Å². The summed E-state index contributed by atoms with van der Waals surface area (Å²) in [5.74, 6) is -0.305. The number of carboxylic acids is 1. The molecule has 0 unspecified atom stereocenters. The Morgan fingerprint density at radius 2 is 2.21 bits per heavy atom. The van der Waals surface area contributed by atoms with Crippen LogP contribution in [-0.2, 0) is 17.9 Å². The molecule has 0 saturated carbocycles. The summed E-state index contributed by atoms with van der Waals surface area (Å²) in [7, 11) is 0. The van der Waals surface area contributed by atoms with Gasteiger partial charge in [-0.05, 0) is 13.8 Å². The molecule has 8 heteroatoms. The van der Waals surface area contributed by atoms with Crippen LogP contribution in [0.5, 0.6) is 0 Å². The fourth-order valence-corrected chi connectivity index (χ4v) is 1.44. The molecule has 2 heterocycles. The van der Waals surface area contributed by atoms with E-state index >= 15 is 0 Å². The molecule has 0 spiro atoms. The van der Waals surface area contributed by atoms with Crippen LogP contribution in [0.3, 0.4) is 0 Å². The number of nitrogens with zero attached hydrogens (tertiary/aromatic N) is 5. The first-order chi connectivity index (χ1) is 9.04. The highest BCUT2D eigenvalue weighted by Gasteiger charge is 2.05. The molecule has 2 N–H and O–H groups in total. The summed E-state index contributed by atoms with van der Waals surface area (Å²) >= 11 is 0. The van der Waals surface area contributed by atoms with Crippen LogP contribution in [0.1, 0.15) is 17.1 Å². The van der Waals surface area contributed by atoms with Crippen molar-refractivity contribution in [3.05, 3.63) is 29.5 Å². The number of aryl methyl sites for hydroxylation is 2. The number of aliphatic carboxylic acids is 1. The maximum Gasteiger partial charge on any atom is 0.325 e. The fourth-order valence-electron chi connectivity index (χ4n) is 1.44. The van der Waals surface area contributed by atoms with Gasteiger partial charge in [0.25, 0.3) is 0 Å². The van der Waals surface area contributed by atoms with Crippen LogP contribution in [0.4, 0.5) is 5.82 Å². The van der Waals surface area contributed by atoms with E-state index in [-0.39, 0.29) is 6.54 Å². The van der Waals surface area contributed by atoms with Gasteiger partial charge in [0.1, 0.15) is 18.1 Å². The summed E-state index contributed by atoms with van der Waals surface area (Å²) < 4.78 is 1.27. The Kier molecular flexibility index (Phi) is 3.69.